The molecule has 1 N–H and O–H groups in total. The van der Waals surface area contributed by atoms with Gasteiger partial charge in [0.25, 0.3) is 0 Å². The molecule has 0 atom stereocenters. The number of aliphatic hydroxyl groups excluding tert-OH is 1. The van der Waals surface area contributed by atoms with Crippen molar-refractivity contribution in [1.82, 2.24) is 0 Å². The molecule has 0 aromatic heterocycles. The largest absolute Gasteiger partial charge is 0.394 e. The first-order valence-electron chi connectivity index (χ1n) is 5.65. The summed E-state index contributed by atoms with van der Waals surface area (Å²) in [6.45, 7) is 4.86. The fourth-order valence-corrected chi connectivity index (χ4v) is 1.78. The van der Waals surface area contributed by atoms with Crippen LogP contribution in [-0.4, -0.2) is 18.3 Å². The molecule has 4 heteroatoms. The minimum absolute atomic E-state index is 0.0431. The van der Waals surface area contributed by atoms with E-state index in [1.54, 1.807) is 13.8 Å². The quantitative estimate of drug-likeness (QED) is 0.863. The zero-order valence-corrected chi connectivity index (χ0v) is 10.4. The molecule has 96 valence electrons. The molecule has 2 nitrogen and oxygen atoms in total. The van der Waals surface area contributed by atoms with Crippen molar-refractivity contribution in [3.63, 3.8) is 0 Å². The van der Waals surface area contributed by atoms with E-state index in [1.807, 2.05) is 6.92 Å². The van der Waals surface area contributed by atoms with Gasteiger partial charge in [0.05, 0.1) is 24.4 Å². The number of benzene rings is 1. The first-order valence-corrected chi connectivity index (χ1v) is 5.65. The summed E-state index contributed by atoms with van der Waals surface area (Å²) in [7, 11) is 0. The van der Waals surface area contributed by atoms with Crippen molar-refractivity contribution in [2.45, 2.75) is 32.8 Å². The van der Waals surface area contributed by atoms with Gasteiger partial charge in [-0.1, -0.05) is 6.92 Å². The van der Waals surface area contributed by atoms with Gasteiger partial charge in [-0.05, 0) is 38.0 Å². The van der Waals surface area contributed by atoms with E-state index < -0.39 is 17.2 Å². The molecule has 0 spiro atoms. The Bertz CT molecular complexity index is 366. The molecule has 0 saturated carbocycles. The highest BCUT2D eigenvalue weighted by atomic mass is 19.1. The Morgan fingerprint density at radius 3 is 2.18 bits per heavy atom. The molecule has 17 heavy (non-hydrogen) atoms. The maximum atomic E-state index is 13.8. The lowest BCUT2D eigenvalue weighted by atomic mass is 9.95. The van der Waals surface area contributed by atoms with Crippen molar-refractivity contribution in [3.05, 3.63) is 34.9 Å². The zero-order valence-electron chi connectivity index (χ0n) is 10.4. The summed E-state index contributed by atoms with van der Waals surface area (Å²) < 4.78 is 32.9. The monoisotopic (exact) mass is 244 g/mol. The van der Waals surface area contributed by atoms with Gasteiger partial charge < -0.3 is 9.84 Å². The average Bonchev–Trinajstić information content (AvgIpc) is 2.25. The van der Waals surface area contributed by atoms with E-state index in [0.29, 0.717) is 12.0 Å². The summed E-state index contributed by atoms with van der Waals surface area (Å²) in [5.41, 5.74) is -0.576. The topological polar surface area (TPSA) is 29.5 Å². The molecule has 0 aliphatic heterocycles. The molecule has 0 amide bonds. The van der Waals surface area contributed by atoms with E-state index in [0.717, 1.165) is 0 Å². The minimum Gasteiger partial charge on any atom is -0.394 e. The summed E-state index contributed by atoms with van der Waals surface area (Å²) >= 11 is 0. The smallest absolute Gasteiger partial charge is 0.132 e. The van der Waals surface area contributed by atoms with Gasteiger partial charge in [0.2, 0.25) is 0 Å². The number of rotatable bonds is 5. The lowest BCUT2D eigenvalue weighted by molar-refractivity contribution is -0.0412. The molecule has 0 heterocycles. The highest BCUT2D eigenvalue weighted by molar-refractivity contribution is 5.30. The molecule has 0 aliphatic rings. The molecule has 0 unspecified atom stereocenters. The molecule has 1 aromatic carbocycles. The summed E-state index contributed by atoms with van der Waals surface area (Å²) in [5, 5.41) is 8.68. The minimum atomic E-state index is -1.09. The number of hydrogen-bond acceptors (Lipinski definition) is 2. The second kappa shape index (κ2) is 5.56. The van der Waals surface area contributed by atoms with Gasteiger partial charge in [-0.25, -0.2) is 8.78 Å². The Balaban J connectivity index is 3.12. The second-order valence-electron chi connectivity index (χ2n) is 4.37. The summed E-state index contributed by atoms with van der Waals surface area (Å²) in [6.07, 6.45) is 0.575. The summed E-state index contributed by atoms with van der Waals surface area (Å²) in [4.78, 5) is 0. The van der Waals surface area contributed by atoms with E-state index in [9.17, 15) is 8.78 Å². The first kappa shape index (κ1) is 14.1. The van der Waals surface area contributed by atoms with Crippen molar-refractivity contribution in [3.8, 4) is 0 Å². The number of hydrogen-bond donors (Lipinski definition) is 1. The Kier molecular flexibility index (Phi) is 4.60. The molecule has 0 saturated heterocycles. The summed E-state index contributed by atoms with van der Waals surface area (Å²) in [6, 6.07) is 2.64. The van der Waals surface area contributed by atoms with Crippen LogP contribution in [0.3, 0.4) is 0 Å². The van der Waals surface area contributed by atoms with Gasteiger partial charge in [0.1, 0.15) is 11.6 Å². The third kappa shape index (κ3) is 3.23. The lowest BCUT2D eigenvalue weighted by Gasteiger charge is -2.26. The Labute approximate surface area is 100 Å². The molecule has 0 aliphatic carbocycles. The van der Waals surface area contributed by atoms with Gasteiger partial charge in [-0.2, -0.15) is 0 Å². The zero-order chi connectivity index (χ0) is 13.1. The van der Waals surface area contributed by atoms with Crippen molar-refractivity contribution in [2.24, 2.45) is 0 Å². The first-order chi connectivity index (χ1) is 7.92. The Hall–Kier alpha value is -1.00. The number of aliphatic hydroxyl groups is 1. The SMILES string of the molecule is CCc1cc(F)c(C(C)(C)OCCO)c(F)c1. The molecule has 0 bridgehead atoms. The Morgan fingerprint density at radius 1 is 1.24 bits per heavy atom. The van der Waals surface area contributed by atoms with Crippen LogP contribution in [0.4, 0.5) is 8.78 Å². The van der Waals surface area contributed by atoms with Crippen LogP contribution in [0.2, 0.25) is 0 Å². The normalized spacial score (nSPS) is 11.9. The fraction of sp³-hybridized carbons (Fsp3) is 0.538. The van der Waals surface area contributed by atoms with E-state index in [1.165, 1.54) is 12.1 Å². The second-order valence-corrected chi connectivity index (χ2v) is 4.37. The molecule has 0 radical (unpaired) electrons. The Morgan fingerprint density at radius 2 is 1.76 bits per heavy atom. The van der Waals surface area contributed by atoms with Crippen LogP contribution in [-0.2, 0) is 16.8 Å². The van der Waals surface area contributed by atoms with E-state index in [-0.39, 0.29) is 18.8 Å². The third-order valence-electron chi connectivity index (χ3n) is 2.67. The van der Waals surface area contributed by atoms with Crippen LogP contribution < -0.4 is 0 Å². The van der Waals surface area contributed by atoms with Crippen molar-refractivity contribution >= 4 is 0 Å². The fourth-order valence-electron chi connectivity index (χ4n) is 1.78. The van der Waals surface area contributed by atoms with Gasteiger partial charge in [0, 0.05) is 0 Å². The maximum Gasteiger partial charge on any atom is 0.132 e. The molecule has 1 rings (SSSR count). The summed E-state index contributed by atoms with van der Waals surface area (Å²) in [5.74, 6) is -1.21. The van der Waals surface area contributed by atoms with Crippen LogP contribution in [0.5, 0.6) is 0 Å². The van der Waals surface area contributed by atoms with Crippen molar-refractivity contribution in [1.29, 1.82) is 0 Å². The lowest BCUT2D eigenvalue weighted by Crippen LogP contribution is -2.26. The standard InChI is InChI=1S/C13H18F2O2/c1-4-9-7-10(14)12(11(15)8-9)13(2,3)17-6-5-16/h7-8,16H,4-6H2,1-3H3. The van der Waals surface area contributed by atoms with Crippen LogP contribution >= 0.6 is 0 Å². The van der Waals surface area contributed by atoms with E-state index >= 15 is 0 Å². The van der Waals surface area contributed by atoms with Gasteiger partial charge in [-0.15, -0.1) is 0 Å². The number of halogens is 2. The highest BCUT2D eigenvalue weighted by Crippen LogP contribution is 2.30. The number of aryl methyl sites for hydroxylation is 1. The van der Waals surface area contributed by atoms with E-state index in [4.69, 9.17) is 9.84 Å². The van der Waals surface area contributed by atoms with Crippen molar-refractivity contribution < 1.29 is 18.6 Å². The highest BCUT2D eigenvalue weighted by Gasteiger charge is 2.29. The third-order valence-corrected chi connectivity index (χ3v) is 2.67. The number of ether oxygens (including phenoxy) is 1. The maximum absolute atomic E-state index is 13.8. The van der Waals surface area contributed by atoms with Gasteiger partial charge in [-0.3, -0.25) is 0 Å². The molecule has 0 fully saturated rings. The molecular formula is C13H18F2O2. The predicted octanol–water partition coefficient (Wildman–Crippen LogP) is 2.77. The predicted molar refractivity (Wildman–Crippen MR) is 61.8 cm³/mol. The molecule has 1 aromatic rings. The van der Waals surface area contributed by atoms with Crippen LogP contribution in [0.1, 0.15) is 31.9 Å². The van der Waals surface area contributed by atoms with Crippen LogP contribution in [0.15, 0.2) is 12.1 Å². The average molecular weight is 244 g/mol. The molecular weight excluding hydrogens is 226 g/mol. The van der Waals surface area contributed by atoms with Crippen LogP contribution in [0.25, 0.3) is 0 Å². The van der Waals surface area contributed by atoms with Crippen LogP contribution in [0, 0.1) is 11.6 Å². The van der Waals surface area contributed by atoms with E-state index in [2.05, 4.69) is 0 Å². The van der Waals surface area contributed by atoms with Gasteiger partial charge >= 0.3 is 0 Å². The van der Waals surface area contributed by atoms with Gasteiger partial charge in [0.15, 0.2) is 0 Å². The van der Waals surface area contributed by atoms with Crippen molar-refractivity contribution in [2.75, 3.05) is 13.2 Å².